The van der Waals surface area contributed by atoms with Gasteiger partial charge in [-0.2, -0.15) is 0 Å². The van der Waals surface area contributed by atoms with Crippen molar-refractivity contribution in [3.8, 4) is 5.75 Å². The first kappa shape index (κ1) is 20.5. The van der Waals surface area contributed by atoms with Crippen molar-refractivity contribution in [2.75, 3.05) is 34.3 Å². The number of ether oxygens (including phenoxy) is 1. The molecule has 0 bridgehead atoms. The second-order valence-electron chi connectivity index (χ2n) is 6.39. The van der Waals surface area contributed by atoms with E-state index < -0.39 is 0 Å². The van der Waals surface area contributed by atoms with Gasteiger partial charge in [0.2, 0.25) is 5.91 Å². The summed E-state index contributed by atoms with van der Waals surface area (Å²) in [7, 11) is 5.59. The number of carbonyl (C=O) groups is 2. The van der Waals surface area contributed by atoms with Crippen LogP contribution in [0.1, 0.15) is 35.0 Å². The molecule has 0 fully saturated rings. The van der Waals surface area contributed by atoms with E-state index in [1.165, 1.54) is 6.26 Å². The third-order valence-corrected chi connectivity index (χ3v) is 4.23. The van der Waals surface area contributed by atoms with Gasteiger partial charge < -0.3 is 24.7 Å². The van der Waals surface area contributed by atoms with Gasteiger partial charge in [-0.05, 0) is 50.3 Å². The van der Waals surface area contributed by atoms with E-state index in [-0.39, 0.29) is 23.6 Å². The fourth-order valence-electron chi connectivity index (χ4n) is 2.67. The zero-order chi connectivity index (χ0) is 19.6. The van der Waals surface area contributed by atoms with Crippen LogP contribution in [0.25, 0.3) is 0 Å². The van der Waals surface area contributed by atoms with Crippen molar-refractivity contribution in [1.82, 2.24) is 15.5 Å². The Morgan fingerprint density at radius 2 is 1.89 bits per heavy atom. The van der Waals surface area contributed by atoms with Gasteiger partial charge >= 0.3 is 0 Å². The monoisotopic (exact) mass is 373 g/mol. The molecule has 2 amide bonds. The molecule has 1 aromatic heterocycles. The Morgan fingerprint density at radius 3 is 2.48 bits per heavy atom. The van der Waals surface area contributed by atoms with E-state index in [4.69, 9.17) is 9.15 Å². The van der Waals surface area contributed by atoms with Gasteiger partial charge in [0.1, 0.15) is 5.75 Å². The molecule has 1 aromatic carbocycles. The summed E-state index contributed by atoms with van der Waals surface area (Å²) in [5, 5.41) is 5.69. The number of nitrogens with one attached hydrogen (secondary N) is 2. The van der Waals surface area contributed by atoms with Gasteiger partial charge in [0.05, 0.1) is 19.4 Å². The average Bonchev–Trinajstić information content (AvgIpc) is 3.20. The van der Waals surface area contributed by atoms with Crippen molar-refractivity contribution in [2.24, 2.45) is 0 Å². The molecule has 2 rings (SSSR count). The van der Waals surface area contributed by atoms with Crippen LogP contribution in [0.5, 0.6) is 5.75 Å². The highest BCUT2D eigenvalue weighted by atomic mass is 16.5. The highest BCUT2D eigenvalue weighted by molar-refractivity contribution is 5.91. The first-order valence-electron chi connectivity index (χ1n) is 8.90. The molecule has 0 aliphatic rings. The quantitative estimate of drug-likeness (QED) is 0.624. The molecule has 1 unspecified atom stereocenters. The second-order valence-corrected chi connectivity index (χ2v) is 6.39. The first-order valence-corrected chi connectivity index (χ1v) is 8.90. The smallest absolute Gasteiger partial charge is 0.286 e. The molecule has 146 valence electrons. The predicted molar refractivity (Wildman–Crippen MR) is 103 cm³/mol. The van der Waals surface area contributed by atoms with Crippen LogP contribution in [-0.4, -0.2) is 51.0 Å². The van der Waals surface area contributed by atoms with Gasteiger partial charge in [0, 0.05) is 19.5 Å². The molecule has 2 N–H and O–H groups in total. The molecular formula is C20H27N3O4. The van der Waals surface area contributed by atoms with E-state index in [0.717, 1.165) is 11.3 Å². The minimum Gasteiger partial charge on any atom is -0.497 e. The lowest BCUT2D eigenvalue weighted by molar-refractivity contribution is -0.121. The van der Waals surface area contributed by atoms with Crippen LogP contribution in [0.15, 0.2) is 47.1 Å². The number of methoxy groups -OCH3 is 1. The number of likely N-dealkylation sites (N-methyl/N-ethyl adjacent to an activating group) is 1. The number of furan rings is 1. The fraction of sp³-hybridized carbons (Fsp3) is 0.400. The average molecular weight is 373 g/mol. The largest absolute Gasteiger partial charge is 0.497 e. The summed E-state index contributed by atoms with van der Waals surface area (Å²) in [5.74, 6) is 0.764. The zero-order valence-corrected chi connectivity index (χ0v) is 16.0. The minimum atomic E-state index is -0.271. The molecule has 7 nitrogen and oxygen atoms in total. The second kappa shape index (κ2) is 10.4. The number of nitrogens with zero attached hydrogens (tertiary/aromatic N) is 1. The molecule has 0 aliphatic heterocycles. The van der Waals surface area contributed by atoms with Crippen molar-refractivity contribution in [3.63, 3.8) is 0 Å². The number of hydrogen-bond acceptors (Lipinski definition) is 5. The highest BCUT2D eigenvalue weighted by Crippen LogP contribution is 2.20. The van der Waals surface area contributed by atoms with Gasteiger partial charge in [-0.25, -0.2) is 0 Å². The Morgan fingerprint density at radius 1 is 1.15 bits per heavy atom. The molecule has 0 spiro atoms. The third-order valence-electron chi connectivity index (χ3n) is 4.23. The van der Waals surface area contributed by atoms with Crippen LogP contribution < -0.4 is 15.4 Å². The van der Waals surface area contributed by atoms with Gasteiger partial charge in [0.15, 0.2) is 5.76 Å². The van der Waals surface area contributed by atoms with E-state index in [0.29, 0.717) is 25.9 Å². The molecule has 0 saturated carbocycles. The summed E-state index contributed by atoms with van der Waals surface area (Å²) in [4.78, 5) is 25.9. The van der Waals surface area contributed by atoms with E-state index in [1.54, 1.807) is 19.2 Å². The molecule has 7 heteroatoms. The Labute approximate surface area is 159 Å². The lowest BCUT2D eigenvalue weighted by atomic mass is 10.1. The first-order chi connectivity index (χ1) is 13.0. The lowest BCUT2D eigenvalue weighted by Gasteiger charge is -2.25. The summed E-state index contributed by atoms with van der Waals surface area (Å²) in [5.41, 5.74) is 1.10. The van der Waals surface area contributed by atoms with Crippen molar-refractivity contribution in [2.45, 2.75) is 18.9 Å². The van der Waals surface area contributed by atoms with Crippen LogP contribution in [-0.2, 0) is 4.79 Å². The van der Waals surface area contributed by atoms with Crippen molar-refractivity contribution in [1.29, 1.82) is 0 Å². The maximum atomic E-state index is 12.1. The molecule has 0 saturated heterocycles. The fourth-order valence-corrected chi connectivity index (χ4v) is 2.67. The van der Waals surface area contributed by atoms with Crippen molar-refractivity contribution >= 4 is 11.8 Å². The topological polar surface area (TPSA) is 83.8 Å². The number of rotatable bonds is 10. The van der Waals surface area contributed by atoms with Crippen LogP contribution >= 0.6 is 0 Å². The number of hydrogen-bond donors (Lipinski definition) is 2. The molecule has 1 atom stereocenters. The summed E-state index contributed by atoms with van der Waals surface area (Å²) in [6.07, 6.45) is 2.36. The maximum Gasteiger partial charge on any atom is 0.286 e. The lowest BCUT2D eigenvalue weighted by Crippen LogP contribution is -2.35. The van der Waals surface area contributed by atoms with Gasteiger partial charge in [-0.3, -0.25) is 9.59 Å². The summed E-state index contributed by atoms with van der Waals surface area (Å²) in [6, 6.07) is 11.2. The van der Waals surface area contributed by atoms with Gasteiger partial charge in [-0.1, -0.05) is 12.1 Å². The zero-order valence-electron chi connectivity index (χ0n) is 16.0. The van der Waals surface area contributed by atoms with Crippen molar-refractivity contribution in [3.05, 3.63) is 54.0 Å². The van der Waals surface area contributed by atoms with E-state index >= 15 is 0 Å². The van der Waals surface area contributed by atoms with Crippen LogP contribution in [0.4, 0.5) is 0 Å². The summed E-state index contributed by atoms with van der Waals surface area (Å²) < 4.78 is 10.2. The van der Waals surface area contributed by atoms with Gasteiger partial charge in [-0.15, -0.1) is 0 Å². The number of benzene rings is 1. The van der Waals surface area contributed by atoms with E-state index in [9.17, 15) is 9.59 Å². The third kappa shape index (κ3) is 6.45. The normalized spacial score (nSPS) is 11.9. The SMILES string of the molecule is COc1ccc(C(CNC(=O)CCCNC(=O)c2ccco2)N(C)C)cc1. The van der Waals surface area contributed by atoms with Crippen LogP contribution in [0.2, 0.25) is 0 Å². The molecule has 2 aromatic rings. The Bertz CT molecular complexity index is 711. The van der Waals surface area contributed by atoms with E-state index in [1.807, 2.05) is 38.4 Å². The summed E-state index contributed by atoms with van der Waals surface area (Å²) in [6.45, 7) is 0.930. The van der Waals surface area contributed by atoms with Gasteiger partial charge in [0.25, 0.3) is 5.91 Å². The molecule has 1 heterocycles. The predicted octanol–water partition coefficient (Wildman–Crippen LogP) is 2.22. The standard InChI is InChI=1S/C20H27N3O4/c1-23(2)17(15-8-10-16(26-3)11-9-15)14-22-19(24)7-4-12-21-20(25)18-6-5-13-27-18/h5-6,8-11,13,17H,4,7,12,14H2,1-3H3,(H,21,25)(H,22,24). The minimum absolute atomic E-state index is 0.0393. The van der Waals surface area contributed by atoms with Crippen LogP contribution in [0.3, 0.4) is 0 Å². The Balaban J connectivity index is 1.72. The number of carbonyl (C=O) groups excluding carboxylic acids is 2. The number of amides is 2. The molecular weight excluding hydrogens is 346 g/mol. The maximum absolute atomic E-state index is 12.1. The summed E-state index contributed by atoms with van der Waals surface area (Å²) >= 11 is 0. The van der Waals surface area contributed by atoms with Crippen molar-refractivity contribution < 1.29 is 18.7 Å². The van der Waals surface area contributed by atoms with E-state index in [2.05, 4.69) is 15.5 Å². The Hall–Kier alpha value is -2.80. The Kier molecular flexibility index (Phi) is 7.88. The molecule has 0 radical (unpaired) electrons. The molecule has 0 aliphatic carbocycles. The molecule has 27 heavy (non-hydrogen) atoms. The highest BCUT2D eigenvalue weighted by Gasteiger charge is 2.15. The van der Waals surface area contributed by atoms with Crippen LogP contribution in [0, 0.1) is 0 Å².